The quantitative estimate of drug-likeness (QED) is 0.287. The molecule has 0 aromatic heterocycles. The van der Waals surface area contributed by atoms with E-state index in [1.54, 1.807) is 0 Å². The van der Waals surface area contributed by atoms with Crippen molar-refractivity contribution in [3.05, 3.63) is 11.6 Å². The van der Waals surface area contributed by atoms with E-state index in [0.717, 1.165) is 0 Å². The SMILES string of the molecule is C/C(=C/C(=O)O)C(=O)O.NCC(=O)N[C@@H](CC(=O)O)C(=O)O. The summed E-state index contributed by atoms with van der Waals surface area (Å²) in [6.07, 6.45) is -0.0244. The zero-order valence-corrected chi connectivity index (χ0v) is 11.5. The van der Waals surface area contributed by atoms with Crippen LogP contribution >= 0.6 is 0 Å². The molecule has 0 aromatic carbocycles. The molecule has 1 atom stereocenters. The monoisotopic (exact) mass is 320 g/mol. The summed E-state index contributed by atoms with van der Waals surface area (Å²) in [7, 11) is 0. The Morgan fingerprint density at radius 3 is 1.82 bits per heavy atom. The van der Waals surface area contributed by atoms with E-state index >= 15 is 0 Å². The van der Waals surface area contributed by atoms with E-state index in [1.165, 1.54) is 6.92 Å². The van der Waals surface area contributed by atoms with E-state index in [0.29, 0.717) is 6.08 Å². The van der Waals surface area contributed by atoms with Crippen LogP contribution in [0.3, 0.4) is 0 Å². The minimum atomic E-state index is -1.42. The lowest BCUT2D eigenvalue weighted by Crippen LogP contribution is -2.44. The molecule has 11 heteroatoms. The fourth-order valence-electron chi connectivity index (χ4n) is 0.875. The summed E-state index contributed by atoms with van der Waals surface area (Å²) in [5.74, 6) is -5.85. The molecule has 0 rings (SSSR count). The summed E-state index contributed by atoms with van der Waals surface area (Å²) >= 11 is 0. The highest BCUT2D eigenvalue weighted by Crippen LogP contribution is 1.92. The molecular weight excluding hydrogens is 304 g/mol. The van der Waals surface area contributed by atoms with Crippen LogP contribution in [0.15, 0.2) is 11.6 Å². The molecule has 0 unspecified atom stereocenters. The van der Waals surface area contributed by atoms with Gasteiger partial charge in [0.2, 0.25) is 5.91 Å². The predicted molar refractivity (Wildman–Crippen MR) is 69.9 cm³/mol. The van der Waals surface area contributed by atoms with Crippen LogP contribution in [0.5, 0.6) is 0 Å². The fraction of sp³-hybridized carbons (Fsp3) is 0.364. The van der Waals surface area contributed by atoms with Gasteiger partial charge in [-0.05, 0) is 6.92 Å². The van der Waals surface area contributed by atoms with Crippen molar-refractivity contribution in [2.75, 3.05) is 6.54 Å². The zero-order valence-electron chi connectivity index (χ0n) is 11.5. The van der Waals surface area contributed by atoms with E-state index in [4.69, 9.17) is 26.2 Å². The van der Waals surface area contributed by atoms with E-state index in [1.807, 2.05) is 5.32 Å². The predicted octanol–water partition coefficient (Wildman–Crippen LogP) is -1.91. The maximum Gasteiger partial charge on any atom is 0.331 e. The van der Waals surface area contributed by atoms with E-state index in [-0.39, 0.29) is 12.1 Å². The number of rotatable bonds is 7. The molecule has 0 heterocycles. The molecule has 0 fully saturated rings. The molecule has 0 aliphatic rings. The van der Waals surface area contributed by atoms with Gasteiger partial charge in [-0.2, -0.15) is 0 Å². The van der Waals surface area contributed by atoms with Gasteiger partial charge in [0.1, 0.15) is 6.04 Å². The third kappa shape index (κ3) is 12.1. The van der Waals surface area contributed by atoms with Crippen LogP contribution in [-0.2, 0) is 24.0 Å². The summed E-state index contributed by atoms with van der Waals surface area (Å²) in [4.78, 5) is 50.8. The second kappa shape index (κ2) is 10.8. The molecule has 0 aromatic rings. The molecule has 22 heavy (non-hydrogen) atoms. The average molecular weight is 320 g/mol. The standard InChI is InChI=1S/C6H10N2O5.C5H6O4/c7-2-4(9)8-3(6(12)13)1-5(10)11;1-3(5(8)9)2-4(6)7/h3H,1-2,7H2,(H,8,9)(H,10,11)(H,12,13);2H,1H3,(H,6,7)(H,8,9)/b;3-2-/t3-;/m0./s1. The van der Waals surface area contributed by atoms with Crippen molar-refractivity contribution in [3.8, 4) is 0 Å². The third-order valence-electron chi connectivity index (χ3n) is 1.87. The highest BCUT2D eigenvalue weighted by atomic mass is 16.4. The molecule has 0 saturated carbocycles. The summed E-state index contributed by atoms with van der Waals surface area (Å²) < 4.78 is 0. The number of aliphatic carboxylic acids is 4. The van der Waals surface area contributed by atoms with Crippen molar-refractivity contribution in [2.45, 2.75) is 19.4 Å². The zero-order chi connectivity index (χ0) is 17.9. The van der Waals surface area contributed by atoms with Crippen LogP contribution in [-0.4, -0.2) is 62.8 Å². The van der Waals surface area contributed by atoms with Crippen LogP contribution in [0, 0.1) is 0 Å². The minimum Gasteiger partial charge on any atom is -0.481 e. The number of hydrogen-bond donors (Lipinski definition) is 6. The Kier molecular flexibility index (Phi) is 10.5. The summed E-state index contributed by atoms with van der Waals surface area (Å²) in [6.45, 7) is 0.847. The molecule has 0 spiro atoms. The lowest BCUT2D eigenvalue weighted by molar-refractivity contribution is -0.147. The molecule has 7 N–H and O–H groups in total. The van der Waals surface area contributed by atoms with Crippen LogP contribution < -0.4 is 11.1 Å². The number of hydrogen-bond acceptors (Lipinski definition) is 6. The van der Waals surface area contributed by atoms with Crippen molar-refractivity contribution in [1.82, 2.24) is 5.32 Å². The number of carboxylic acids is 4. The summed E-state index contributed by atoms with van der Waals surface area (Å²) in [5.41, 5.74) is 4.72. The minimum absolute atomic E-state index is 0.178. The second-order valence-corrected chi connectivity index (χ2v) is 3.73. The first kappa shape index (κ1) is 21.4. The molecule has 0 aliphatic heterocycles. The van der Waals surface area contributed by atoms with Gasteiger partial charge >= 0.3 is 23.9 Å². The maximum absolute atomic E-state index is 10.6. The van der Waals surface area contributed by atoms with E-state index in [2.05, 4.69) is 0 Å². The third-order valence-corrected chi connectivity index (χ3v) is 1.87. The number of amides is 1. The van der Waals surface area contributed by atoms with Gasteiger partial charge in [-0.15, -0.1) is 0 Å². The molecule has 11 nitrogen and oxygen atoms in total. The first-order chi connectivity index (χ1) is 10.0. The van der Waals surface area contributed by atoms with Gasteiger partial charge in [0.15, 0.2) is 0 Å². The molecule has 0 aliphatic carbocycles. The van der Waals surface area contributed by atoms with Crippen molar-refractivity contribution in [3.63, 3.8) is 0 Å². The molecule has 0 bridgehead atoms. The molecule has 0 radical (unpaired) electrons. The number of carbonyl (C=O) groups excluding carboxylic acids is 1. The van der Waals surface area contributed by atoms with Gasteiger partial charge in [0.05, 0.1) is 13.0 Å². The van der Waals surface area contributed by atoms with Gasteiger partial charge in [-0.3, -0.25) is 9.59 Å². The van der Waals surface area contributed by atoms with Gasteiger partial charge in [-0.1, -0.05) is 0 Å². The Morgan fingerprint density at radius 1 is 1.09 bits per heavy atom. The lowest BCUT2D eigenvalue weighted by atomic mass is 10.2. The number of nitrogens with two attached hydrogens (primary N) is 1. The largest absolute Gasteiger partial charge is 0.481 e. The summed E-state index contributed by atoms with van der Waals surface area (Å²) in [6, 6.07) is -1.42. The van der Waals surface area contributed by atoms with Crippen molar-refractivity contribution in [2.24, 2.45) is 5.73 Å². The Hall–Kier alpha value is -2.95. The second-order valence-electron chi connectivity index (χ2n) is 3.73. The Balaban J connectivity index is 0. The van der Waals surface area contributed by atoms with Crippen molar-refractivity contribution >= 4 is 29.8 Å². The first-order valence-corrected chi connectivity index (χ1v) is 5.59. The smallest absolute Gasteiger partial charge is 0.331 e. The maximum atomic E-state index is 10.6. The summed E-state index contributed by atoms with van der Waals surface area (Å²) in [5, 5.41) is 34.8. The topological polar surface area (TPSA) is 204 Å². The molecular formula is C11H16N2O9. The molecule has 1 amide bonds. The number of carboxylic acid groups (broad SMARTS) is 4. The first-order valence-electron chi connectivity index (χ1n) is 5.59. The van der Waals surface area contributed by atoms with Gasteiger partial charge < -0.3 is 31.5 Å². The van der Waals surface area contributed by atoms with Gasteiger partial charge in [-0.25, -0.2) is 14.4 Å². The van der Waals surface area contributed by atoms with Crippen LogP contribution in [0.4, 0.5) is 0 Å². The van der Waals surface area contributed by atoms with Gasteiger partial charge in [0.25, 0.3) is 0 Å². The Labute approximate surface area is 124 Å². The molecule has 0 saturated heterocycles. The normalized spacial score (nSPS) is 11.5. The van der Waals surface area contributed by atoms with Crippen LogP contribution in [0.25, 0.3) is 0 Å². The van der Waals surface area contributed by atoms with Crippen LogP contribution in [0.1, 0.15) is 13.3 Å². The van der Waals surface area contributed by atoms with Crippen molar-refractivity contribution in [1.29, 1.82) is 0 Å². The van der Waals surface area contributed by atoms with Gasteiger partial charge in [0, 0.05) is 11.6 Å². The molecule has 124 valence electrons. The lowest BCUT2D eigenvalue weighted by Gasteiger charge is -2.10. The highest BCUT2D eigenvalue weighted by molar-refractivity contribution is 5.94. The van der Waals surface area contributed by atoms with Crippen LogP contribution in [0.2, 0.25) is 0 Å². The Morgan fingerprint density at radius 2 is 1.59 bits per heavy atom. The van der Waals surface area contributed by atoms with Crippen molar-refractivity contribution < 1.29 is 44.4 Å². The van der Waals surface area contributed by atoms with E-state index < -0.39 is 42.2 Å². The number of carbonyl (C=O) groups is 5. The highest BCUT2D eigenvalue weighted by Gasteiger charge is 2.22. The Bertz CT molecular complexity index is 484. The van der Waals surface area contributed by atoms with E-state index in [9.17, 15) is 24.0 Å². The fourth-order valence-corrected chi connectivity index (χ4v) is 0.875. The average Bonchev–Trinajstić information content (AvgIpc) is 2.36. The number of nitrogens with one attached hydrogen (secondary N) is 1.